The SMILES string of the molecule is CCOc1ncnc(NC(C)c2ccc(Cl)cc2)c1C. The summed E-state index contributed by atoms with van der Waals surface area (Å²) in [5.74, 6) is 1.40. The van der Waals surface area contributed by atoms with E-state index in [1.54, 1.807) is 0 Å². The minimum Gasteiger partial charge on any atom is -0.478 e. The summed E-state index contributed by atoms with van der Waals surface area (Å²) in [7, 11) is 0. The van der Waals surface area contributed by atoms with Crippen LogP contribution in [-0.4, -0.2) is 16.6 Å². The molecule has 0 aliphatic carbocycles. The summed E-state index contributed by atoms with van der Waals surface area (Å²) in [5, 5.41) is 4.10. The summed E-state index contributed by atoms with van der Waals surface area (Å²) < 4.78 is 5.47. The summed E-state index contributed by atoms with van der Waals surface area (Å²) in [4.78, 5) is 8.41. The van der Waals surface area contributed by atoms with E-state index < -0.39 is 0 Å². The number of benzene rings is 1. The van der Waals surface area contributed by atoms with Crippen LogP contribution in [0.4, 0.5) is 5.82 Å². The third-order valence-corrected chi connectivity index (χ3v) is 3.29. The molecule has 0 bridgehead atoms. The Morgan fingerprint density at radius 2 is 1.95 bits per heavy atom. The van der Waals surface area contributed by atoms with E-state index >= 15 is 0 Å². The predicted molar refractivity (Wildman–Crippen MR) is 81.4 cm³/mol. The monoisotopic (exact) mass is 291 g/mol. The van der Waals surface area contributed by atoms with Crippen molar-refractivity contribution in [3.63, 3.8) is 0 Å². The average Bonchev–Trinajstić information content (AvgIpc) is 2.44. The van der Waals surface area contributed by atoms with Crippen molar-refractivity contribution >= 4 is 17.4 Å². The van der Waals surface area contributed by atoms with Crippen LogP contribution in [0.5, 0.6) is 5.88 Å². The highest BCUT2D eigenvalue weighted by Crippen LogP contribution is 2.25. The van der Waals surface area contributed by atoms with Gasteiger partial charge in [-0.05, 0) is 38.5 Å². The third kappa shape index (κ3) is 3.39. The van der Waals surface area contributed by atoms with Crippen LogP contribution < -0.4 is 10.1 Å². The Bertz CT molecular complexity index is 572. The normalized spacial score (nSPS) is 12.0. The number of ether oxygens (including phenoxy) is 1. The lowest BCUT2D eigenvalue weighted by Gasteiger charge is -2.17. The molecule has 106 valence electrons. The molecule has 1 unspecified atom stereocenters. The molecule has 0 saturated carbocycles. The van der Waals surface area contributed by atoms with Gasteiger partial charge in [-0.3, -0.25) is 0 Å². The molecule has 4 nitrogen and oxygen atoms in total. The molecule has 0 fully saturated rings. The number of aromatic nitrogens is 2. The number of hydrogen-bond acceptors (Lipinski definition) is 4. The summed E-state index contributed by atoms with van der Waals surface area (Å²) in [6.45, 7) is 6.54. The number of hydrogen-bond donors (Lipinski definition) is 1. The molecular formula is C15H18ClN3O. The lowest BCUT2D eigenvalue weighted by molar-refractivity contribution is 0.324. The van der Waals surface area contributed by atoms with E-state index in [9.17, 15) is 0 Å². The van der Waals surface area contributed by atoms with E-state index in [-0.39, 0.29) is 6.04 Å². The second kappa shape index (κ2) is 6.57. The summed E-state index contributed by atoms with van der Waals surface area (Å²) in [5.41, 5.74) is 2.06. The standard InChI is InChI=1S/C15H18ClN3O/c1-4-20-15-10(2)14(17-9-18-15)19-11(3)12-5-7-13(16)8-6-12/h5-9,11H,4H2,1-3H3,(H,17,18,19). The van der Waals surface area contributed by atoms with Crippen LogP contribution in [0.3, 0.4) is 0 Å². The van der Waals surface area contributed by atoms with Gasteiger partial charge >= 0.3 is 0 Å². The predicted octanol–water partition coefficient (Wildman–Crippen LogP) is 4.01. The Morgan fingerprint density at radius 3 is 2.60 bits per heavy atom. The van der Waals surface area contributed by atoms with Crippen molar-refractivity contribution < 1.29 is 4.74 Å². The van der Waals surface area contributed by atoms with E-state index in [4.69, 9.17) is 16.3 Å². The Balaban J connectivity index is 2.17. The molecule has 2 rings (SSSR count). The van der Waals surface area contributed by atoms with E-state index in [0.29, 0.717) is 12.5 Å². The van der Waals surface area contributed by atoms with Crippen LogP contribution in [0.2, 0.25) is 5.02 Å². The molecule has 0 saturated heterocycles. The highest BCUT2D eigenvalue weighted by Gasteiger charge is 2.11. The fraction of sp³-hybridized carbons (Fsp3) is 0.333. The molecule has 1 atom stereocenters. The summed E-state index contributed by atoms with van der Waals surface area (Å²) >= 11 is 5.90. The van der Waals surface area contributed by atoms with Gasteiger partial charge in [0.15, 0.2) is 0 Å². The van der Waals surface area contributed by atoms with Crippen molar-refractivity contribution in [2.45, 2.75) is 26.8 Å². The molecule has 1 aromatic heterocycles. The van der Waals surface area contributed by atoms with Gasteiger partial charge in [-0.15, -0.1) is 0 Å². The fourth-order valence-corrected chi connectivity index (χ4v) is 2.03. The molecule has 2 aromatic rings. The van der Waals surface area contributed by atoms with Crippen molar-refractivity contribution in [2.24, 2.45) is 0 Å². The molecule has 20 heavy (non-hydrogen) atoms. The van der Waals surface area contributed by atoms with Crippen LogP contribution in [0.1, 0.15) is 31.0 Å². The van der Waals surface area contributed by atoms with Crippen LogP contribution in [0.15, 0.2) is 30.6 Å². The average molecular weight is 292 g/mol. The maximum atomic E-state index is 5.90. The first kappa shape index (κ1) is 14.6. The van der Waals surface area contributed by atoms with E-state index in [2.05, 4.69) is 22.2 Å². The molecule has 0 amide bonds. The minimum absolute atomic E-state index is 0.121. The third-order valence-electron chi connectivity index (χ3n) is 3.04. The van der Waals surface area contributed by atoms with Crippen molar-refractivity contribution in [3.8, 4) is 5.88 Å². The first-order valence-electron chi connectivity index (χ1n) is 6.58. The molecule has 0 spiro atoms. The summed E-state index contributed by atoms with van der Waals surface area (Å²) in [6.07, 6.45) is 1.51. The molecule has 0 radical (unpaired) electrons. The lowest BCUT2D eigenvalue weighted by Crippen LogP contribution is -2.10. The van der Waals surface area contributed by atoms with E-state index in [1.807, 2.05) is 38.1 Å². The van der Waals surface area contributed by atoms with E-state index in [1.165, 1.54) is 6.33 Å². The lowest BCUT2D eigenvalue weighted by atomic mass is 10.1. The Kier molecular flexibility index (Phi) is 4.79. The van der Waals surface area contributed by atoms with Gasteiger partial charge in [-0.1, -0.05) is 23.7 Å². The number of anilines is 1. The van der Waals surface area contributed by atoms with Crippen molar-refractivity contribution in [3.05, 3.63) is 46.7 Å². The Labute approximate surface area is 124 Å². The van der Waals surface area contributed by atoms with Crippen molar-refractivity contribution in [1.29, 1.82) is 0 Å². The molecule has 1 heterocycles. The second-order valence-corrected chi connectivity index (χ2v) is 4.94. The van der Waals surface area contributed by atoms with Gasteiger partial charge in [-0.2, -0.15) is 0 Å². The van der Waals surface area contributed by atoms with Gasteiger partial charge in [0.1, 0.15) is 12.1 Å². The molecule has 0 aliphatic rings. The van der Waals surface area contributed by atoms with E-state index in [0.717, 1.165) is 22.0 Å². The van der Waals surface area contributed by atoms with Crippen LogP contribution >= 0.6 is 11.6 Å². The van der Waals surface area contributed by atoms with Gasteiger partial charge < -0.3 is 10.1 Å². The van der Waals surface area contributed by atoms with Crippen molar-refractivity contribution in [2.75, 3.05) is 11.9 Å². The second-order valence-electron chi connectivity index (χ2n) is 4.50. The highest BCUT2D eigenvalue weighted by molar-refractivity contribution is 6.30. The van der Waals surface area contributed by atoms with Crippen LogP contribution in [0.25, 0.3) is 0 Å². The Hall–Kier alpha value is -1.81. The van der Waals surface area contributed by atoms with Crippen LogP contribution in [-0.2, 0) is 0 Å². The zero-order valence-electron chi connectivity index (χ0n) is 11.9. The fourth-order valence-electron chi connectivity index (χ4n) is 1.90. The number of nitrogens with one attached hydrogen (secondary N) is 1. The highest BCUT2D eigenvalue weighted by atomic mass is 35.5. The smallest absolute Gasteiger partial charge is 0.221 e. The minimum atomic E-state index is 0.121. The van der Waals surface area contributed by atoms with Crippen molar-refractivity contribution in [1.82, 2.24) is 9.97 Å². The zero-order valence-corrected chi connectivity index (χ0v) is 12.6. The maximum Gasteiger partial charge on any atom is 0.221 e. The van der Waals surface area contributed by atoms with Gasteiger partial charge in [0.2, 0.25) is 5.88 Å². The molecular weight excluding hydrogens is 274 g/mol. The zero-order chi connectivity index (χ0) is 14.5. The largest absolute Gasteiger partial charge is 0.478 e. The first-order valence-corrected chi connectivity index (χ1v) is 6.96. The maximum absolute atomic E-state index is 5.90. The number of halogens is 1. The quantitative estimate of drug-likeness (QED) is 0.904. The first-order chi connectivity index (χ1) is 9.61. The summed E-state index contributed by atoms with van der Waals surface area (Å²) in [6, 6.07) is 7.89. The topological polar surface area (TPSA) is 47.0 Å². The Morgan fingerprint density at radius 1 is 1.25 bits per heavy atom. The molecule has 1 aromatic carbocycles. The van der Waals surface area contributed by atoms with Gasteiger partial charge in [0, 0.05) is 11.1 Å². The molecule has 0 aliphatic heterocycles. The van der Waals surface area contributed by atoms with Gasteiger partial charge in [-0.25, -0.2) is 9.97 Å². The van der Waals surface area contributed by atoms with Gasteiger partial charge in [0.25, 0.3) is 0 Å². The number of rotatable bonds is 5. The molecule has 5 heteroatoms. The number of nitrogens with zero attached hydrogens (tertiary/aromatic N) is 2. The molecule has 1 N–H and O–H groups in total. The van der Waals surface area contributed by atoms with Gasteiger partial charge in [0.05, 0.1) is 12.2 Å². The van der Waals surface area contributed by atoms with Crippen LogP contribution in [0, 0.1) is 6.92 Å².